The van der Waals surface area contributed by atoms with Crippen LogP contribution in [0.25, 0.3) is 6.08 Å². The summed E-state index contributed by atoms with van der Waals surface area (Å²) in [6.07, 6.45) is 3.33. The summed E-state index contributed by atoms with van der Waals surface area (Å²) in [6.45, 7) is 0. The van der Waals surface area contributed by atoms with E-state index in [2.05, 4.69) is 63.7 Å². The molecular weight excluding hydrogens is 572 g/mol. The van der Waals surface area contributed by atoms with Gasteiger partial charge in [-0.2, -0.15) is 0 Å². The lowest BCUT2D eigenvalue weighted by Crippen LogP contribution is -1.96. The van der Waals surface area contributed by atoms with Crippen LogP contribution in [-0.4, -0.2) is 13.1 Å². The van der Waals surface area contributed by atoms with E-state index in [4.69, 9.17) is 9.47 Å². The zero-order chi connectivity index (χ0) is 17.4. The maximum absolute atomic E-state index is 12.2. The van der Waals surface area contributed by atoms with Crippen LogP contribution in [0.15, 0.2) is 48.2 Å². The van der Waals surface area contributed by atoms with E-state index in [9.17, 15) is 4.79 Å². The first-order chi connectivity index (χ1) is 11.4. The Morgan fingerprint density at radius 2 is 1.62 bits per heavy atom. The zero-order valence-electron chi connectivity index (χ0n) is 12.3. The lowest BCUT2D eigenvalue weighted by atomic mass is 10.0. The number of ether oxygens (including phenoxy) is 2. The van der Waals surface area contributed by atoms with E-state index in [1.54, 1.807) is 7.11 Å². The van der Waals surface area contributed by atoms with Gasteiger partial charge >= 0.3 is 5.97 Å². The minimum absolute atomic E-state index is 0.352. The van der Waals surface area contributed by atoms with E-state index in [-0.39, 0.29) is 5.97 Å². The van der Waals surface area contributed by atoms with Gasteiger partial charge < -0.3 is 9.47 Å². The number of fused-ring (bicyclic) bond motifs is 1. The molecule has 124 valence electrons. The fourth-order valence-corrected chi connectivity index (χ4v) is 4.93. The Balaban J connectivity index is 1.98. The molecule has 3 nitrogen and oxygen atoms in total. The molecule has 0 fully saturated rings. The Hall–Kier alpha value is -0.630. The molecule has 0 aromatic heterocycles. The van der Waals surface area contributed by atoms with E-state index in [1.807, 2.05) is 36.4 Å². The summed E-state index contributed by atoms with van der Waals surface area (Å²) >= 11 is 14.0. The first kappa shape index (κ1) is 18.2. The molecule has 0 saturated carbocycles. The Bertz CT molecular complexity index is 844. The highest BCUT2D eigenvalue weighted by Crippen LogP contribution is 2.48. The fraction of sp³-hybridized carbons (Fsp3) is 0.118. The van der Waals surface area contributed by atoms with Crippen LogP contribution in [0.3, 0.4) is 0 Å². The highest BCUT2D eigenvalue weighted by Gasteiger charge is 2.36. The summed E-state index contributed by atoms with van der Waals surface area (Å²) in [4.78, 5) is 12.2. The second kappa shape index (κ2) is 7.32. The Morgan fingerprint density at radius 3 is 2.25 bits per heavy atom. The molecule has 2 aromatic carbocycles. The second-order valence-corrected chi connectivity index (χ2v) is 8.17. The van der Waals surface area contributed by atoms with Crippen molar-refractivity contribution in [3.05, 3.63) is 64.9 Å². The van der Waals surface area contributed by atoms with Gasteiger partial charge in [0.15, 0.2) is 0 Å². The van der Waals surface area contributed by atoms with Crippen LogP contribution in [0.1, 0.15) is 27.6 Å². The molecule has 24 heavy (non-hydrogen) atoms. The molecule has 0 aliphatic carbocycles. The number of hydrogen-bond acceptors (Lipinski definition) is 3. The molecule has 0 N–H and O–H groups in total. The van der Waals surface area contributed by atoms with E-state index < -0.39 is 6.10 Å². The van der Waals surface area contributed by atoms with Gasteiger partial charge in [0, 0.05) is 23.5 Å². The number of carbonyl (C=O) groups excluding carboxylic acids is 1. The lowest BCUT2D eigenvalue weighted by molar-refractivity contribution is 0.0467. The zero-order valence-corrected chi connectivity index (χ0v) is 18.6. The highest BCUT2D eigenvalue weighted by molar-refractivity contribution is 9.15. The molecule has 0 bridgehead atoms. The summed E-state index contributed by atoms with van der Waals surface area (Å²) in [7, 11) is 1.63. The predicted octanol–water partition coefficient (Wildman–Crippen LogP) is 6.67. The normalized spacial score (nSPS) is 16.4. The number of rotatable bonds is 3. The average molecular weight is 582 g/mol. The number of cyclic esters (lactones) is 1. The molecule has 1 unspecified atom stereocenters. The third-order valence-electron chi connectivity index (χ3n) is 3.61. The van der Waals surface area contributed by atoms with Crippen LogP contribution >= 0.6 is 63.7 Å². The van der Waals surface area contributed by atoms with Crippen LogP contribution in [-0.2, 0) is 4.74 Å². The van der Waals surface area contributed by atoms with Gasteiger partial charge in [0.1, 0.15) is 11.9 Å². The molecule has 3 rings (SSSR count). The van der Waals surface area contributed by atoms with E-state index in [0.717, 1.165) is 30.3 Å². The van der Waals surface area contributed by atoms with Crippen molar-refractivity contribution in [2.24, 2.45) is 0 Å². The minimum atomic E-state index is -0.454. The second-order valence-electron chi connectivity index (χ2n) is 5.00. The third kappa shape index (κ3) is 3.23. The molecule has 0 radical (unpaired) electrons. The van der Waals surface area contributed by atoms with E-state index in [1.165, 1.54) is 0 Å². The molecule has 2 aromatic rings. The van der Waals surface area contributed by atoms with Crippen LogP contribution < -0.4 is 4.74 Å². The van der Waals surface area contributed by atoms with Crippen LogP contribution in [0.5, 0.6) is 5.75 Å². The van der Waals surface area contributed by atoms with Crippen LogP contribution in [0.2, 0.25) is 0 Å². The largest absolute Gasteiger partial charge is 0.497 e. The van der Waals surface area contributed by atoms with Crippen molar-refractivity contribution in [2.45, 2.75) is 6.10 Å². The van der Waals surface area contributed by atoms with Crippen molar-refractivity contribution in [1.29, 1.82) is 0 Å². The summed E-state index contributed by atoms with van der Waals surface area (Å²) in [6, 6.07) is 7.65. The molecule has 1 atom stereocenters. The molecule has 7 heteroatoms. The molecule has 1 heterocycles. The number of hydrogen-bond donors (Lipinski definition) is 0. The first-order valence-electron chi connectivity index (χ1n) is 6.83. The van der Waals surface area contributed by atoms with Crippen molar-refractivity contribution in [3.8, 4) is 5.75 Å². The van der Waals surface area contributed by atoms with Crippen molar-refractivity contribution >= 4 is 75.8 Å². The van der Waals surface area contributed by atoms with Gasteiger partial charge in [0.25, 0.3) is 0 Å². The van der Waals surface area contributed by atoms with Crippen molar-refractivity contribution in [1.82, 2.24) is 0 Å². The smallest absolute Gasteiger partial charge is 0.340 e. The van der Waals surface area contributed by atoms with Gasteiger partial charge in [-0.3, -0.25) is 0 Å². The predicted molar refractivity (Wildman–Crippen MR) is 107 cm³/mol. The molecular formula is C17H10Br4O3. The third-order valence-corrected chi connectivity index (χ3v) is 8.40. The summed E-state index contributed by atoms with van der Waals surface area (Å²) < 4.78 is 13.7. The molecule has 1 aliphatic rings. The first-order valence-corrected chi connectivity index (χ1v) is 10.00. The SMILES string of the molecule is COc1ccc(C=CC2OC(=O)c3c(Br)c(Br)c(Br)c(Br)c32)cc1. The Labute approximate surface area is 172 Å². The van der Waals surface area contributed by atoms with Crippen LogP contribution in [0.4, 0.5) is 0 Å². The average Bonchev–Trinajstić information content (AvgIpc) is 2.93. The van der Waals surface area contributed by atoms with Crippen molar-refractivity contribution in [3.63, 3.8) is 0 Å². The van der Waals surface area contributed by atoms with Crippen molar-refractivity contribution < 1.29 is 14.3 Å². The minimum Gasteiger partial charge on any atom is -0.497 e. The molecule has 1 aliphatic heterocycles. The van der Waals surface area contributed by atoms with Gasteiger partial charge in [-0.15, -0.1) is 0 Å². The monoisotopic (exact) mass is 578 g/mol. The molecule has 0 spiro atoms. The van der Waals surface area contributed by atoms with Crippen LogP contribution in [0, 0.1) is 0 Å². The van der Waals surface area contributed by atoms with Gasteiger partial charge in [0.05, 0.1) is 12.7 Å². The Morgan fingerprint density at radius 1 is 1.00 bits per heavy atom. The maximum Gasteiger partial charge on any atom is 0.340 e. The quantitative estimate of drug-likeness (QED) is 0.231. The summed E-state index contributed by atoms with van der Waals surface area (Å²) in [5.74, 6) is 0.445. The van der Waals surface area contributed by atoms with E-state index >= 15 is 0 Å². The lowest BCUT2D eigenvalue weighted by Gasteiger charge is -2.11. The van der Waals surface area contributed by atoms with Crippen molar-refractivity contribution in [2.75, 3.05) is 7.11 Å². The van der Waals surface area contributed by atoms with E-state index in [0.29, 0.717) is 10.0 Å². The number of carbonyl (C=O) groups is 1. The van der Waals surface area contributed by atoms with Gasteiger partial charge in [-0.1, -0.05) is 18.2 Å². The number of halogens is 4. The summed E-state index contributed by atoms with van der Waals surface area (Å²) in [5, 5.41) is 0. The number of benzene rings is 2. The number of esters is 1. The standard InChI is InChI=1S/C17H10Br4O3/c1-23-9-5-2-8(3-6-9)4-7-10-11-12(17(22)24-10)14(19)16(21)15(20)13(11)18/h2-7,10H,1H3. The summed E-state index contributed by atoms with van der Waals surface area (Å²) in [5.41, 5.74) is 2.32. The fourth-order valence-electron chi connectivity index (χ4n) is 2.40. The maximum atomic E-state index is 12.2. The van der Waals surface area contributed by atoms with Gasteiger partial charge in [-0.25, -0.2) is 4.79 Å². The van der Waals surface area contributed by atoms with Gasteiger partial charge in [0.2, 0.25) is 0 Å². The highest BCUT2D eigenvalue weighted by atomic mass is 79.9. The topological polar surface area (TPSA) is 35.5 Å². The Kier molecular flexibility index (Phi) is 5.54. The number of methoxy groups -OCH3 is 1. The molecule has 0 amide bonds. The molecule has 0 saturated heterocycles. The van der Waals surface area contributed by atoms with Gasteiger partial charge in [-0.05, 0) is 87.5 Å².